The summed E-state index contributed by atoms with van der Waals surface area (Å²) in [4.78, 5) is 10.1. The molecule has 0 aromatic rings. The average molecular weight is 114 g/mol. The largest absolute Gasteiger partial charge is 0.481 e. The molecule has 46 valence electrons. The lowest BCUT2D eigenvalue weighted by Crippen LogP contribution is -2.09. The Bertz CT molecular complexity index is 102. The molecule has 0 bridgehead atoms. The maximum atomic E-state index is 10.1. The first kappa shape index (κ1) is 7.21. The first-order valence-electron chi connectivity index (χ1n) is 2.44. The molecule has 0 aliphatic carbocycles. The molecule has 8 heavy (non-hydrogen) atoms. The summed E-state index contributed by atoms with van der Waals surface area (Å²) in [6.45, 7) is 6.82. The van der Waals surface area contributed by atoms with Gasteiger partial charge in [-0.25, -0.2) is 0 Å². The van der Waals surface area contributed by atoms with Crippen molar-refractivity contribution in [1.29, 1.82) is 0 Å². The van der Waals surface area contributed by atoms with E-state index in [1.54, 1.807) is 13.8 Å². The molecule has 0 heterocycles. The molecule has 0 fully saturated rings. The van der Waals surface area contributed by atoms with E-state index in [2.05, 4.69) is 6.58 Å². The highest BCUT2D eigenvalue weighted by molar-refractivity contribution is 5.72. The summed E-state index contributed by atoms with van der Waals surface area (Å²) in [5, 5.41) is 8.29. The highest BCUT2D eigenvalue weighted by atomic mass is 16.4. The number of carbonyl (C=O) groups is 1. The lowest BCUT2D eigenvalue weighted by molar-refractivity contribution is -0.139. The zero-order chi connectivity index (χ0) is 6.73. The molecule has 0 rings (SSSR count). The summed E-state index contributed by atoms with van der Waals surface area (Å²) in [6, 6.07) is 0. The molecular weight excluding hydrogens is 104 g/mol. The van der Waals surface area contributed by atoms with Gasteiger partial charge in [0.15, 0.2) is 0 Å². The van der Waals surface area contributed by atoms with Crippen molar-refractivity contribution in [2.24, 2.45) is 5.92 Å². The van der Waals surface area contributed by atoms with E-state index in [0.29, 0.717) is 5.57 Å². The van der Waals surface area contributed by atoms with E-state index >= 15 is 0 Å². The first-order valence-corrected chi connectivity index (χ1v) is 2.44. The molecule has 0 saturated carbocycles. The molecule has 0 spiro atoms. The second-order valence-corrected chi connectivity index (χ2v) is 1.91. The Hall–Kier alpha value is -0.790. The van der Waals surface area contributed by atoms with Crippen molar-refractivity contribution in [1.82, 2.24) is 0 Å². The normalized spacial score (nSPS) is 12.8. The van der Waals surface area contributed by atoms with Gasteiger partial charge in [0.2, 0.25) is 0 Å². The van der Waals surface area contributed by atoms with Gasteiger partial charge < -0.3 is 5.11 Å². The number of carboxylic acid groups (broad SMARTS) is 1. The van der Waals surface area contributed by atoms with Crippen molar-refractivity contribution < 1.29 is 9.90 Å². The van der Waals surface area contributed by atoms with Crippen molar-refractivity contribution in [2.45, 2.75) is 13.8 Å². The van der Waals surface area contributed by atoms with E-state index in [1.807, 2.05) is 0 Å². The van der Waals surface area contributed by atoms with Gasteiger partial charge in [-0.15, -0.1) is 0 Å². The molecule has 1 atom stereocenters. The first-order chi connectivity index (χ1) is 3.55. The molecule has 0 saturated heterocycles. The zero-order valence-corrected chi connectivity index (χ0v) is 5.14. The molecule has 0 aromatic carbocycles. The topological polar surface area (TPSA) is 37.3 Å². The predicted molar refractivity (Wildman–Crippen MR) is 31.6 cm³/mol. The Morgan fingerprint density at radius 3 is 2.12 bits per heavy atom. The zero-order valence-electron chi connectivity index (χ0n) is 5.14. The summed E-state index contributed by atoms with van der Waals surface area (Å²) < 4.78 is 0. The van der Waals surface area contributed by atoms with Crippen LogP contribution in [0.1, 0.15) is 13.8 Å². The predicted octanol–water partition coefficient (Wildman–Crippen LogP) is 1.28. The summed E-state index contributed by atoms with van der Waals surface area (Å²) in [5.74, 6) is -1.22. The molecule has 0 aromatic heterocycles. The minimum atomic E-state index is -0.808. The van der Waals surface area contributed by atoms with Gasteiger partial charge in [-0.2, -0.15) is 0 Å². The summed E-state index contributed by atoms with van der Waals surface area (Å²) >= 11 is 0. The van der Waals surface area contributed by atoms with E-state index in [-0.39, 0.29) is 0 Å². The third kappa shape index (κ3) is 1.78. The van der Waals surface area contributed by atoms with Gasteiger partial charge in [-0.05, 0) is 13.8 Å². The lowest BCUT2D eigenvalue weighted by atomic mass is 10.1. The van der Waals surface area contributed by atoms with E-state index in [1.165, 1.54) is 0 Å². The molecule has 0 aliphatic rings. The summed E-state index contributed by atoms with van der Waals surface area (Å²) in [7, 11) is 0. The van der Waals surface area contributed by atoms with Crippen LogP contribution >= 0.6 is 0 Å². The number of rotatable bonds is 2. The van der Waals surface area contributed by atoms with Crippen LogP contribution in [0.2, 0.25) is 0 Å². The highest BCUT2D eigenvalue weighted by Crippen LogP contribution is 2.05. The fourth-order valence-electron chi connectivity index (χ4n) is 0.211. The maximum Gasteiger partial charge on any atom is 0.310 e. The van der Waals surface area contributed by atoms with Crippen LogP contribution < -0.4 is 0 Å². The average Bonchev–Trinajstić information content (AvgIpc) is 1.64. The monoisotopic (exact) mass is 114 g/mol. The maximum absolute atomic E-state index is 10.1. The number of hydrogen-bond donors (Lipinski definition) is 1. The van der Waals surface area contributed by atoms with Crippen LogP contribution in [0.3, 0.4) is 0 Å². The summed E-state index contributed by atoms with van der Waals surface area (Å²) in [6.07, 6.45) is 0. The van der Waals surface area contributed by atoms with Gasteiger partial charge in [0.1, 0.15) is 0 Å². The van der Waals surface area contributed by atoms with Crippen molar-refractivity contribution >= 4 is 5.97 Å². The standard InChI is InChI=1S/C6H10O2/c1-4(2)5(3)6(7)8/h5H,1H2,2-3H3,(H,7,8). The molecule has 1 unspecified atom stereocenters. The lowest BCUT2D eigenvalue weighted by Gasteiger charge is -2.01. The Morgan fingerprint density at radius 2 is 2.12 bits per heavy atom. The smallest absolute Gasteiger partial charge is 0.310 e. The molecule has 1 N–H and O–H groups in total. The Balaban J connectivity index is 3.83. The van der Waals surface area contributed by atoms with Crippen LogP contribution in [0.5, 0.6) is 0 Å². The van der Waals surface area contributed by atoms with E-state index in [9.17, 15) is 4.79 Å². The van der Waals surface area contributed by atoms with Gasteiger partial charge in [0.25, 0.3) is 0 Å². The van der Waals surface area contributed by atoms with Gasteiger partial charge in [0.05, 0.1) is 5.92 Å². The fraction of sp³-hybridized carbons (Fsp3) is 0.500. The Kier molecular flexibility index (Phi) is 2.25. The Labute approximate surface area is 48.8 Å². The number of aliphatic carboxylic acids is 1. The van der Waals surface area contributed by atoms with Crippen molar-refractivity contribution in [2.75, 3.05) is 0 Å². The van der Waals surface area contributed by atoms with Crippen LogP contribution in [0.4, 0.5) is 0 Å². The van der Waals surface area contributed by atoms with E-state index in [0.717, 1.165) is 0 Å². The van der Waals surface area contributed by atoms with Crippen molar-refractivity contribution in [3.63, 3.8) is 0 Å². The highest BCUT2D eigenvalue weighted by Gasteiger charge is 2.09. The Morgan fingerprint density at radius 1 is 1.75 bits per heavy atom. The van der Waals surface area contributed by atoms with Gasteiger partial charge in [-0.3, -0.25) is 4.79 Å². The summed E-state index contributed by atoms with van der Waals surface area (Å²) in [5.41, 5.74) is 0.692. The molecule has 0 radical (unpaired) electrons. The number of hydrogen-bond acceptors (Lipinski definition) is 1. The van der Waals surface area contributed by atoms with Gasteiger partial charge in [-0.1, -0.05) is 12.2 Å². The van der Waals surface area contributed by atoms with E-state index in [4.69, 9.17) is 5.11 Å². The quantitative estimate of drug-likeness (QED) is 0.549. The molecular formula is C6H10O2. The number of carboxylic acids is 1. The van der Waals surface area contributed by atoms with E-state index < -0.39 is 11.9 Å². The molecule has 0 aliphatic heterocycles. The van der Waals surface area contributed by atoms with Crippen LogP contribution in [0, 0.1) is 5.92 Å². The second kappa shape index (κ2) is 2.50. The van der Waals surface area contributed by atoms with Crippen LogP contribution in [-0.4, -0.2) is 11.1 Å². The third-order valence-electron chi connectivity index (χ3n) is 1.11. The second-order valence-electron chi connectivity index (χ2n) is 1.91. The fourth-order valence-corrected chi connectivity index (χ4v) is 0.211. The minimum absolute atomic E-state index is 0.407. The molecule has 2 heteroatoms. The van der Waals surface area contributed by atoms with Crippen molar-refractivity contribution in [3.05, 3.63) is 12.2 Å². The van der Waals surface area contributed by atoms with Gasteiger partial charge >= 0.3 is 5.97 Å². The molecule has 2 nitrogen and oxygen atoms in total. The minimum Gasteiger partial charge on any atom is -0.481 e. The van der Waals surface area contributed by atoms with Crippen molar-refractivity contribution in [3.8, 4) is 0 Å². The molecule has 0 amide bonds. The van der Waals surface area contributed by atoms with Crippen LogP contribution in [0.25, 0.3) is 0 Å². The van der Waals surface area contributed by atoms with Gasteiger partial charge in [0, 0.05) is 0 Å². The SMILES string of the molecule is C=C(C)C(C)C(=O)O. The van der Waals surface area contributed by atoms with Crippen LogP contribution in [0.15, 0.2) is 12.2 Å². The van der Waals surface area contributed by atoms with Crippen LogP contribution in [-0.2, 0) is 4.79 Å². The third-order valence-corrected chi connectivity index (χ3v) is 1.11.